The quantitative estimate of drug-likeness (QED) is 0.723. The van der Waals surface area contributed by atoms with Gasteiger partial charge in [-0.3, -0.25) is 5.32 Å². The molecule has 0 aliphatic rings. The minimum atomic E-state index is -0.296. The first-order chi connectivity index (χ1) is 7.19. The van der Waals surface area contributed by atoms with E-state index in [0.29, 0.717) is 11.5 Å². The molecule has 6 heteroatoms. The highest BCUT2D eigenvalue weighted by atomic mass is 16.2. The third kappa shape index (κ3) is 1.88. The Morgan fingerprint density at radius 3 is 3.00 bits per heavy atom. The van der Waals surface area contributed by atoms with Crippen LogP contribution >= 0.6 is 0 Å². The van der Waals surface area contributed by atoms with Crippen molar-refractivity contribution in [3.63, 3.8) is 0 Å². The van der Waals surface area contributed by atoms with Crippen molar-refractivity contribution in [2.45, 2.75) is 6.92 Å². The fourth-order valence-corrected chi connectivity index (χ4v) is 1.22. The summed E-state index contributed by atoms with van der Waals surface area (Å²) in [5.74, 6) is 0.479. The number of nitrogens with one attached hydrogen (secondary N) is 2. The maximum Gasteiger partial charge on any atom is 0.320 e. The van der Waals surface area contributed by atoms with Gasteiger partial charge in [0, 0.05) is 7.05 Å². The van der Waals surface area contributed by atoms with Crippen LogP contribution in [0.4, 0.5) is 10.6 Å². The third-order valence-corrected chi connectivity index (χ3v) is 1.92. The van der Waals surface area contributed by atoms with Crippen molar-refractivity contribution in [2.24, 2.45) is 0 Å². The van der Waals surface area contributed by atoms with Crippen molar-refractivity contribution in [2.75, 3.05) is 12.4 Å². The lowest BCUT2D eigenvalue weighted by Crippen LogP contribution is -2.24. The molecule has 0 saturated carbocycles. The van der Waals surface area contributed by atoms with Gasteiger partial charge in [0.05, 0.1) is 11.9 Å². The van der Waals surface area contributed by atoms with Crippen molar-refractivity contribution in [1.82, 2.24) is 19.9 Å². The average Bonchev–Trinajstić information content (AvgIpc) is 2.59. The predicted octanol–water partition coefficient (Wildman–Crippen LogP) is 0.789. The van der Waals surface area contributed by atoms with E-state index >= 15 is 0 Å². The fraction of sp³-hybridized carbons (Fsp3) is 0.222. The number of aromatic nitrogens is 3. The Kier molecular flexibility index (Phi) is 2.24. The van der Waals surface area contributed by atoms with E-state index in [1.807, 2.05) is 19.1 Å². The number of hydrogen-bond acceptors (Lipinski definition) is 3. The second kappa shape index (κ2) is 3.56. The van der Waals surface area contributed by atoms with Crippen LogP contribution in [-0.2, 0) is 0 Å². The number of urea groups is 1. The number of imidazole rings is 1. The van der Waals surface area contributed by atoms with E-state index in [1.54, 1.807) is 17.8 Å². The van der Waals surface area contributed by atoms with Gasteiger partial charge in [-0.2, -0.15) is 5.10 Å². The molecular weight excluding hydrogens is 194 g/mol. The molecule has 2 rings (SSSR count). The standard InChI is InChI=1S/C9H11N5O/c1-6-3-4-8-11-7(5-14(8)13-6)12-9(15)10-2/h3-5H,1-2H3,(H2,10,12,15). The summed E-state index contributed by atoms with van der Waals surface area (Å²) in [5, 5.41) is 9.24. The molecule has 0 spiro atoms. The van der Waals surface area contributed by atoms with Gasteiger partial charge in [-0.25, -0.2) is 14.3 Å². The van der Waals surface area contributed by atoms with Crippen LogP contribution in [0.15, 0.2) is 18.3 Å². The van der Waals surface area contributed by atoms with E-state index in [9.17, 15) is 4.79 Å². The minimum Gasteiger partial charge on any atom is -0.341 e. The number of nitrogens with zero attached hydrogens (tertiary/aromatic N) is 3. The van der Waals surface area contributed by atoms with E-state index < -0.39 is 0 Å². The summed E-state index contributed by atoms with van der Waals surface area (Å²) in [6.45, 7) is 1.89. The third-order valence-electron chi connectivity index (χ3n) is 1.92. The molecule has 0 bridgehead atoms. The SMILES string of the molecule is CNC(=O)Nc1cn2nc(C)ccc2n1. The molecular formula is C9H11N5O. The van der Waals surface area contributed by atoms with E-state index in [4.69, 9.17) is 0 Å². The largest absolute Gasteiger partial charge is 0.341 e. The predicted molar refractivity (Wildman–Crippen MR) is 55.8 cm³/mol. The molecule has 0 unspecified atom stereocenters. The Hall–Kier alpha value is -2.11. The Balaban J connectivity index is 2.34. The number of amides is 2. The number of fused-ring (bicyclic) bond motifs is 1. The van der Waals surface area contributed by atoms with Crippen molar-refractivity contribution < 1.29 is 4.79 Å². The molecule has 0 saturated heterocycles. The van der Waals surface area contributed by atoms with Gasteiger partial charge >= 0.3 is 6.03 Å². The average molecular weight is 205 g/mol. The van der Waals surface area contributed by atoms with Crippen LogP contribution in [0.3, 0.4) is 0 Å². The van der Waals surface area contributed by atoms with Crippen molar-refractivity contribution >= 4 is 17.5 Å². The molecule has 0 radical (unpaired) electrons. The highest BCUT2D eigenvalue weighted by Crippen LogP contribution is 2.08. The normalized spacial score (nSPS) is 10.3. The zero-order valence-electron chi connectivity index (χ0n) is 8.48. The summed E-state index contributed by atoms with van der Waals surface area (Å²) in [6, 6.07) is 3.42. The van der Waals surface area contributed by atoms with Crippen LogP contribution in [0, 0.1) is 6.92 Å². The molecule has 6 nitrogen and oxygen atoms in total. The van der Waals surface area contributed by atoms with Gasteiger partial charge in [0.1, 0.15) is 0 Å². The Labute approximate surface area is 86.3 Å². The van der Waals surface area contributed by atoms with Gasteiger partial charge in [-0.05, 0) is 19.1 Å². The maximum absolute atomic E-state index is 11.0. The highest BCUT2D eigenvalue weighted by molar-refractivity contribution is 5.88. The van der Waals surface area contributed by atoms with Gasteiger partial charge in [0.25, 0.3) is 0 Å². The van der Waals surface area contributed by atoms with Crippen molar-refractivity contribution in [1.29, 1.82) is 0 Å². The number of hydrogen-bond donors (Lipinski definition) is 2. The molecule has 2 aromatic rings. The number of anilines is 1. The molecule has 2 heterocycles. The van der Waals surface area contributed by atoms with E-state index in [2.05, 4.69) is 20.7 Å². The Bertz CT molecular complexity index is 504. The molecule has 2 amide bonds. The van der Waals surface area contributed by atoms with Gasteiger partial charge < -0.3 is 5.32 Å². The molecule has 0 aliphatic carbocycles. The summed E-state index contributed by atoms with van der Waals surface area (Å²) < 4.78 is 1.63. The lowest BCUT2D eigenvalue weighted by Gasteiger charge is -1.97. The molecule has 2 aromatic heterocycles. The van der Waals surface area contributed by atoms with Gasteiger partial charge in [-0.1, -0.05) is 0 Å². The first-order valence-corrected chi connectivity index (χ1v) is 4.51. The molecule has 0 aliphatic heterocycles. The first kappa shape index (κ1) is 9.45. The summed E-state index contributed by atoms with van der Waals surface area (Å²) in [7, 11) is 1.55. The van der Waals surface area contributed by atoms with Crippen LogP contribution < -0.4 is 10.6 Å². The molecule has 0 atom stereocenters. The van der Waals surface area contributed by atoms with E-state index in [0.717, 1.165) is 5.69 Å². The number of aryl methyl sites for hydroxylation is 1. The minimum absolute atomic E-state index is 0.296. The fourth-order valence-electron chi connectivity index (χ4n) is 1.22. The maximum atomic E-state index is 11.0. The lowest BCUT2D eigenvalue weighted by atomic mass is 10.4. The Morgan fingerprint density at radius 2 is 2.27 bits per heavy atom. The van der Waals surface area contributed by atoms with E-state index in [1.165, 1.54) is 0 Å². The second-order valence-electron chi connectivity index (χ2n) is 3.11. The Morgan fingerprint density at radius 1 is 1.47 bits per heavy atom. The number of carbonyl (C=O) groups excluding carboxylic acids is 1. The van der Waals surface area contributed by atoms with Crippen molar-refractivity contribution in [3.8, 4) is 0 Å². The van der Waals surface area contributed by atoms with Crippen LogP contribution in [0.1, 0.15) is 5.69 Å². The monoisotopic (exact) mass is 205 g/mol. The topological polar surface area (TPSA) is 71.3 Å². The number of carbonyl (C=O) groups is 1. The number of rotatable bonds is 1. The zero-order chi connectivity index (χ0) is 10.8. The van der Waals surface area contributed by atoms with Gasteiger partial charge in [0.15, 0.2) is 11.5 Å². The van der Waals surface area contributed by atoms with Crippen LogP contribution in [0.25, 0.3) is 5.65 Å². The first-order valence-electron chi connectivity index (χ1n) is 4.51. The summed E-state index contributed by atoms with van der Waals surface area (Å²) in [5.41, 5.74) is 1.60. The summed E-state index contributed by atoms with van der Waals surface area (Å²) in [6.07, 6.45) is 1.66. The van der Waals surface area contributed by atoms with Crippen LogP contribution in [-0.4, -0.2) is 27.7 Å². The molecule has 15 heavy (non-hydrogen) atoms. The van der Waals surface area contributed by atoms with E-state index in [-0.39, 0.29) is 6.03 Å². The second-order valence-corrected chi connectivity index (χ2v) is 3.11. The summed E-state index contributed by atoms with van der Waals surface area (Å²) >= 11 is 0. The smallest absolute Gasteiger partial charge is 0.320 e. The van der Waals surface area contributed by atoms with Crippen molar-refractivity contribution in [3.05, 3.63) is 24.0 Å². The van der Waals surface area contributed by atoms with Crippen LogP contribution in [0.5, 0.6) is 0 Å². The highest BCUT2D eigenvalue weighted by Gasteiger charge is 2.04. The zero-order valence-corrected chi connectivity index (χ0v) is 8.48. The molecule has 0 aromatic carbocycles. The lowest BCUT2D eigenvalue weighted by molar-refractivity contribution is 0.254. The molecule has 2 N–H and O–H groups in total. The molecule has 0 fully saturated rings. The summed E-state index contributed by atoms with van der Waals surface area (Å²) in [4.78, 5) is 15.2. The van der Waals surface area contributed by atoms with Crippen LogP contribution in [0.2, 0.25) is 0 Å². The van der Waals surface area contributed by atoms with Gasteiger partial charge in [-0.15, -0.1) is 0 Å². The van der Waals surface area contributed by atoms with Gasteiger partial charge in [0.2, 0.25) is 0 Å². The molecule has 78 valence electrons.